The summed E-state index contributed by atoms with van der Waals surface area (Å²) in [4.78, 5) is 22.7. The van der Waals surface area contributed by atoms with Gasteiger partial charge in [-0.05, 0) is 25.7 Å². The van der Waals surface area contributed by atoms with Gasteiger partial charge in [0.05, 0.1) is 5.92 Å². The number of nitrogens with one attached hydrogen (secondary N) is 1. The highest BCUT2D eigenvalue weighted by Gasteiger charge is 2.28. The van der Waals surface area contributed by atoms with Crippen molar-refractivity contribution in [2.24, 2.45) is 5.92 Å². The van der Waals surface area contributed by atoms with Gasteiger partial charge in [0.15, 0.2) is 0 Å². The molecule has 1 saturated carbocycles. The molecule has 0 aromatic heterocycles. The lowest BCUT2D eigenvalue weighted by atomic mass is 9.86. The van der Waals surface area contributed by atoms with Gasteiger partial charge in [0.25, 0.3) is 0 Å². The Morgan fingerprint density at radius 2 is 1.67 bits per heavy atom. The fourth-order valence-corrected chi connectivity index (χ4v) is 4.01. The van der Waals surface area contributed by atoms with Gasteiger partial charge >= 0.3 is 5.97 Å². The van der Waals surface area contributed by atoms with E-state index in [-0.39, 0.29) is 12.0 Å². The molecule has 1 rings (SSSR count). The van der Waals surface area contributed by atoms with E-state index in [4.69, 9.17) is 5.11 Å². The molecule has 1 fully saturated rings. The van der Waals surface area contributed by atoms with Crippen molar-refractivity contribution in [3.63, 3.8) is 0 Å². The molecule has 8 heteroatoms. The second-order valence-corrected chi connectivity index (χ2v) is 7.26. The van der Waals surface area contributed by atoms with Crippen molar-refractivity contribution in [1.29, 1.82) is 0 Å². The average molecular weight is 320 g/mol. The summed E-state index contributed by atoms with van der Waals surface area (Å²) in [7, 11) is -3.57. The predicted molar refractivity (Wildman–Crippen MR) is 78.2 cm³/mol. The molecule has 0 atom stereocenters. The molecule has 0 aliphatic heterocycles. The van der Waals surface area contributed by atoms with Crippen LogP contribution in [-0.4, -0.2) is 54.6 Å². The van der Waals surface area contributed by atoms with Crippen molar-refractivity contribution in [2.45, 2.75) is 45.6 Å². The quantitative estimate of drug-likeness (QED) is 0.707. The van der Waals surface area contributed by atoms with Gasteiger partial charge < -0.3 is 10.4 Å². The first-order chi connectivity index (χ1) is 9.80. The van der Waals surface area contributed by atoms with E-state index < -0.39 is 27.7 Å². The summed E-state index contributed by atoms with van der Waals surface area (Å²) in [6.45, 7) is 4.14. The van der Waals surface area contributed by atoms with E-state index in [1.165, 1.54) is 4.31 Å². The van der Waals surface area contributed by atoms with Crippen molar-refractivity contribution < 1.29 is 23.1 Å². The number of sulfonamides is 1. The molecule has 1 aliphatic carbocycles. The lowest BCUT2D eigenvalue weighted by Crippen LogP contribution is -2.44. The molecule has 0 radical (unpaired) electrons. The molecule has 0 aromatic rings. The number of hydrogen-bond donors (Lipinski definition) is 2. The Balaban J connectivity index is 2.46. The van der Waals surface area contributed by atoms with Crippen LogP contribution in [0, 0.1) is 5.92 Å². The minimum Gasteiger partial charge on any atom is -0.481 e. The van der Waals surface area contributed by atoms with Crippen LogP contribution in [0.4, 0.5) is 0 Å². The fraction of sp³-hybridized carbons (Fsp3) is 0.846. The summed E-state index contributed by atoms with van der Waals surface area (Å²) in [5.41, 5.74) is 0. The minimum absolute atomic E-state index is 0.125. The van der Waals surface area contributed by atoms with E-state index in [1.807, 2.05) is 0 Å². The zero-order valence-corrected chi connectivity index (χ0v) is 13.4. The van der Waals surface area contributed by atoms with Crippen LogP contribution in [0.3, 0.4) is 0 Å². The fourth-order valence-electron chi connectivity index (χ4n) is 2.63. The molecule has 0 spiro atoms. The van der Waals surface area contributed by atoms with Crippen LogP contribution in [-0.2, 0) is 19.6 Å². The maximum absolute atomic E-state index is 12.0. The molecular formula is C13H24N2O5S. The normalized spacial score (nSPS) is 23.0. The first kappa shape index (κ1) is 17.9. The van der Waals surface area contributed by atoms with Gasteiger partial charge in [-0.3, -0.25) is 9.59 Å². The molecule has 21 heavy (non-hydrogen) atoms. The molecule has 0 aromatic carbocycles. The van der Waals surface area contributed by atoms with Crippen molar-refractivity contribution >= 4 is 21.9 Å². The van der Waals surface area contributed by atoms with E-state index in [9.17, 15) is 18.0 Å². The number of carboxylic acid groups (broad SMARTS) is 1. The van der Waals surface area contributed by atoms with Gasteiger partial charge in [0.2, 0.25) is 15.9 Å². The van der Waals surface area contributed by atoms with Crippen molar-refractivity contribution in [3.05, 3.63) is 0 Å². The van der Waals surface area contributed by atoms with E-state index in [2.05, 4.69) is 5.32 Å². The number of carboxylic acids is 1. The second-order valence-electron chi connectivity index (χ2n) is 5.29. The second kappa shape index (κ2) is 7.74. The Labute approximate surface area is 125 Å². The monoisotopic (exact) mass is 320 g/mol. The number of amides is 1. The third kappa shape index (κ3) is 5.28. The lowest BCUT2D eigenvalue weighted by Gasteiger charge is -2.27. The van der Waals surface area contributed by atoms with E-state index in [0.29, 0.717) is 38.8 Å². The topological polar surface area (TPSA) is 104 Å². The molecule has 1 amide bonds. The van der Waals surface area contributed by atoms with Gasteiger partial charge in [-0.1, -0.05) is 13.8 Å². The first-order valence-electron chi connectivity index (χ1n) is 7.30. The Kier molecular flexibility index (Phi) is 6.60. The van der Waals surface area contributed by atoms with Crippen molar-refractivity contribution in [1.82, 2.24) is 9.62 Å². The molecule has 2 N–H and O–H groups in total. The zero-order valence-electron chi connectivity index (χ0n) is 12.5. The summed E-state index contributed by atoms with van der Waals surface area (Å²) < 4.78 is 25.2. The highest BCUT2D eigenvalue weighted by molar-refractivity contribution is 7.89. The molecule has 0 bridgehead atoms. The van der Waals surface area contributed by atoms with Crippen LogP contribution in [0.15, 0.2) is 0 Å². The largest absolute Gasteiger partial charge is 0.481 e. The van der Waals surface area contributed by atoms with Crippen LogP contribution >= 0.6 is 0 Å². The number of aliphatic carboxylic acids is 1. The average Bonchev–Trinajstić information content (AvgIpc) is 2.39. The van der Waals surface area contributed by atoms with Gasteiger partial charge in [-0.25, -0.2) is 12.7 Å². The Bertz CT molecular complexity index is 465. The van der Waals surface area contributed by atoms with E-state index in [1.54, 1.807) is 13.8 Å². The Morgan fingerprint density at radius 1 is 1.14 bits per heavy atom. The lowest BCUT2D eigenvalue weighted by molar-refractivity contribution is -0.142. The highest BCUT2D eigenvalue weighted by atomic mass is 32.2. The molecule has 0 unspecified atom stereocenters. The van der Waals surface area contributed by atoms with Gasteiger partial charge in [-0.2, -0.15) is 0 Å². The van der Waals surface area contributed by atoms with E-state index in [0.717, 1.165) is 0 Å². The molecule has 122 valence electrons. The van der Waals surface area contributed by atoms with Gasteiger partial charge in [0.1, 0.15) is 5.75 Å². The summed E-state index contributed by atoms with van der Waals surface area (Å²) in [5.74, 6) is -2.21. The number of nitrogens with zero attached hydrogens (tertiary/aromatic N) is 1. The molecule has 0 saturated heterocycles. The van der Waals surface area contributed by atoms with Crippen LogP contribution in [0.2, 0.25) is 0 Å². The predicted octanol–water partition coefficient (Wildman–Crippen LogP) is 0.418. The van der Waals surface area contributed by atoms with Gasteiger partial charge in [-0.15, -0.1) is 0 Å². The highest BCUT2D eigenvalue weighted by Crippen LogP contribution is 2.24. The zero-order chi connectivity index (χ0) is 16.0. The SMILES string of the molecule is CCN(CC)S(=O)(=O)CC(=O)NC1CCC(C(=O)O)CC1. The maximum Gasteiger partial charge on any atom is 0.306 e. The molecular weight excluding hydrogens is 296 g/mol. The number of rotatable bonds is 7. The van der Waals surface area contributed by atoms with E-state index >= 15 is 0 Å². The Hall–Kier alpha value is -1.15. The van der Waals surface area contributed by atoms with Crippen molar-refractivity contribution in [3.8, 4) is 0 Å². The Morgan fingerprint density at radius 3 is 2.10 bits per heavy atom. The van der Waals surface area contributed by atoms with Crippen LogP contribution in [0.5, 0.6) is 0 Å². The van der Waals surface area contributed by atoms with Crippen LogP contribution in [0.1, 0.15) is 39.5 Å². The summed E-state index contributed by atoms with van der Waals surface area (Å²) in [6.07, 6.45) is 2.19. The van der Waals surface area contributed by atoms with Crippen LogP contribution < -0.4 is 5.32 Å². The third-order valence-corrected chi connectivity index (χ3v) is 5.78. The van der Waals surface area contributed by atoms with Crippen molar-refractivity contribution in [2.75, 3.05) is 18.8 Å². The number of hydrogen-bond acceptors (Lipinski definition) is 4. The summed E-state index contributed by atoms with van der Waals surface area (Å²) in [5, 5.41) is 11.6. The molecule has 0 heterocycles. The number of carbonyl (C=O) groups is 2. The third-order valence-electron chi connectivity index (χ3n) is 3.85. The maximum atomic E-state index is 12.0. The smallest absolute Gasteiger partial charge is 0.306 e. The first-order valence-corrected chi connectivity index (χ1v) is 8.91. The number of carbonyl (C=O) groups excluding carboxylic acids is 1. The minimum atomic E-state index is -3.57. The molecule has 1 aliphatic rings. The summed E-state index contributed by atoms with van der Waals surface area (Å²) >= 11 is 0. The van der Waals surface area contributed by atoms with Gasteiger partial charge in [0, 0.05) is 19.1 Å². The summed E-state index contributed by atoms with van der Waals surface area (Å²) in [6, 6.07) is -0.125. The molecule has 7 nitrogen and oxygen atoms in total. The standard InChI is InChI=1S/C13H24N2O5S/c1-3-15(4-2)21(19,20)9-12(16)14-11-7-5-10(6-8-11)13(17)18/h10-11H,3-9H2,1-2H3,(H,14,16)(H,17,18). The van der Waals surface area contributed by atoms with Crippen LogP contribution in [0.25, 0.3) is 0 Å².